The maximum Gasteiger partial charge on any atom is 0.256 e. The first-order valence-corrected chi connectivity index (χ1v) is 9.82. The number of hydrogen-bond donors (Lipinski definition) is 1. The van der Waals surface area contributed by atoms with Gasteiger partial charge in [-0.05, 0) is 54.6 Å². The fourth-order valence-electron chi connectivity index (χ4n) is 3.19. The molecule has 2 heterocycles. The van der Waals surface area contributed by atoms with Crippen LogP contribution in [0.25, 0.3) is 17.1 Å². The molecule has 2 aromatic carbocycles. The Hall–Kier alpha value is -4.33. The van der Waals surface area contributed by atoms with Crippen molar-refractivity contribution in [3.63, 3.8) is 0 Å². The van der Waals surface area contributed by atoms with Crippen molar-refractivity contribution < 1.29 is 19.0 Å². The molecule has 0 fully saturated rings. The van der Waals surface area contributed by atoms with Crippen molar-refractivity contribution in [3.05, 3.63) is 78.5 Å². The smallest absolute Gasteiger partial charge is 0.256 e. The molecule has 0 aliphatic rings. The van der Waals surface area contributed by atoms with E-state index in [-0.39, 0.29) is 5.91 Å². The van der Waals surface area contributed by atoms with Crippen LogP contribution in [-0.4, -0.2) is 42.0 Å². The summed E-state index contributed by atoms with van der Waals surface area (Å²) in [5.41, 5.74) is 1.94. The number of ether oxygens (including phenoxy) is 3. The normalized spacial score (nSPS) is 10.5. The molecule has 1 amide bonds. The van der Waals surface area contributed by atoms with Crippen molar-refractivity contribution in [1.82, 2.24) is 14.8 Å². The summed E-state index contributed by atoms with van der Waals surface area (Å²) in [6.07, 6.45) is 1.67. The van der Waals surface area contributed by atoms with Gasteiger partial charge in [-0.3, -0.25) is 4.79 Å². The predicted molar refractivity (Wildman–Crippen MR) is 121 cm³/mol. The number of anilines is 1. The van der Waals surface area contributed by atoms with E-state index in [1.165, 1.54) is 0 Å². The summed E-state index contributed by atoms with van der Waals surface area (Å²) in [7, 11) is 4.74. The number of benzene rings is 2. The lowest BCUT2D eigenvalue weighted by atomic mass is 10.1. The molecular weight excluding hydrogens is 408 g/mol. The van der Waals surface area contributed by atoms with Crippen LogP contribution in [0.5, 0.6) is 17.2 Å². The Morgan fingerprint density at radius 1 is 0.875 bits per heavy atom. The number of pyridine rings is 1. The number of aromatic nitrogens is 3. The quantitative estimate of drug-likeness (QED) is 0.473. The number of amides is 1. The van der Waals surface area contributed by atoms with Crippen LogP contribution < -0.4 is 19.5 Å². The number of nitrogens with zero attached hydrogens (tertiary/aromatic N) is 3. The lowest BCUT2D eigenvalue weighted by Gasteiger charge is -2.08. The summed E-state index contributed by atoms with van der Waals surface area (Å²) in [6, 6.07) is 19.7. The van der Waals surface area contributed by atoms with Gasteiger partial charge in [0.1, 0.15) is 11.6 Å². The Morgan fingerprint density at radius 2 is 1.66 bits per heavy atom. The van der Waals surface area contributed by atoms with E-state index in [1.807, 2.05) is 36.4 Å². The maximum absolute atomic E-state index is 12.9. The number of methoxy groups -OCH3 is 3. The molecule has 0 aliphatic heterocycles. The van der Waals surface area contributed by atoms with Gasteiger partial charge in [-0.25, -0.2) is 4.98 Å². The molecule has 32 heavy (non-hydrogen) atoms. The SMILES string of the molecule is COc1ccc(C(=O)Nc2cc(-c3ccc(OC)c(OC)c3)nn2-c2ccccn2)cc1. The van der Waals surface area contributed by atoms with Crippen molar-refractivity contribution in [1.29, 1.82) is 0 Å². The molecule has 0 spiro atoms. The Balaban J connectivity index is 1.72. The van der Waals surface area contributed by atoms with Crippen LogP contribution in [0.2, 0.25) is 0 Å². The third-order valence-electron chi connectivity index (χ3n) is 4.85. The fourth-order valence-corrected chi connectivity index (χ4v) is 3.19. The van der Waals surface area contributed by atoms with Crippen molar-refractivity contribution in [3.8, 4) is 34.3 Å². The maximum atomic E-state index is 12.9. The molecule has 0 saturated heterocycles. The molecule has 8 heteroatoms. The van der Waals surface area contributed by atoms with E-state index < -0.39 is 0 Å². The van der Waals surface area contributed by atoms with Crippen molar-refractivity contribution in [2.45, 2.75) is 0 Å². The van der Waals surface area contributed by atoms with Crippen LogP contribution in [0.3, 0.4) is 0 Å². The highest BCUT2D eigenvalue weighted by Crippen LogP contribution is 2.33. The number of rotatable bonds is 7. The highest BCUT2D eigenvalue weighted by molar-refractivity contribution is 6.04. The molecule has 0 unspecified atom stereocenters. The molecule has 0 bridgehead atoms. The third kappa shape index (κ3) is 4.24. The second kappa shape index (κ2) is 9.22. The van der Waals surface area contributed by atoms with Gasteiger partial charge in [-0.1, -0.05) is 6.07 Å². The number of nitrogens with one attached hydrogen (secondary N) is 1. The molecular formula is C24H22N4O4. The van der Waals surface area contributed by atoms with E-state index in [4.69, 9.17) is 14.2 Å². The summed E-state index contributed by atoms with van der Waals surface area (Å²) in [6.45, 7) is 0. The minimum Gasteiger partial charge on any atom is -0.497 e. The molecule has 2 aromatic heterocycles. The van der Waals surface area contributed by atoms with Crippen LogP contribution in [0.4, 0.5) is 5.82 Å². The topological polar surface area (TPSA) is 87.5 Å². The second-order valence-electron chi connectivity index (χ2n) is 6.77. The van der Waals surface area contributed by atoms with Crippen LogP contribution in [0, 0.1) is 0 Å². The van der Waals surface area contributed by atoms with E-state index in [0.29, 0.717) is 40.1 Å². The van der Waals surface area contributed by atoms with Crippen molar-refractivity contribution in [2.24, 2.45) is 0 Å². The average Bonchev–Trinajstić information content (AvgIpc) is 3.27. The van der Waals surface area contributed by atoms with Crippen LogP contribution >= 0.6 is 0 Å². The molecule has 0 saturated carbocycles. The second-order valence-corrected chi connectivity index (χ2v) is 6.77. The molecule has 4 rings (SSSR count). The zero-order chi connectivity index (χ0) is 22.5. The van der Waals surface area contributed by atoms with Gasteiger partial charge in [-0.15, -0.1) is 0 Å². The molecule has 1 N–H and O–H groups in total. The summed E-state index contributed by atoms with van der Waals surface area (Å²) in [5.74, 6) is 2.66. The van der Waals surface area contributed by atoms with E-state index in [9.17, 15) is 4.79 Å². The Morgan fingerprint density at radius 3 is 2.31 bits per heavy atom. The van der Waals surface area contributed by atoms with Gasteiger partial charge < -0.3 is 19.5 Å². The molecule has 0 radical (unpaired) electrons. The summed E-state index contributed by atoms with van der Waals surface area (Å²) < 4.78 is 17.5. The van der Waals surface area contributed by atoms with Crippen LogP contribution in [0.1, 0.15) is 10.4 Å². The lowest BCUT2D eigenvalue weighted by Crippen LogP contribution is -2.15. The van der Waals surface area contributed by atoms with Crippen LogP contribution in [-0.2, 0) is 0 Å². The van der Waals surface area contributed by atoms with E-state index in [0.717, 1.165) is 5.56 Å². The summed E-state index contributed by atoms with van der Waals surface area (Å²) >= 11 is 0. The van der Waals surface area contributed by atoms with E-state index >= 15 is 0 Å². The summed E-state index contributed by atoms with van der Waals surface area (Å²) in [5, 5.41) is 7.61. The standard InChI is InChI=1S/C24H22N4O4/c1-30-18-10-7-16(8-11-18)24(29)26-23-15-19(27-28(23)22-6-4-5-13-25-22)17-9-12-20(31-2)21(14-17)32-3/h4-15H,1-3H3,(H,26,29). The molecule has 162 valence electrons. The van der Waals surface area contributed by atoms with Gasteiger partial charge in [0.15, 0.2) is 17.3 Å². The van der Waals surface area contributed by atoms with Gasteiger partial charge >= 0.3 is 0 Å². The Bertz CT molecular complexity index is 1220. The predicted octanol–water partition coefficient (Wildman–Crippen LogP) is 4.21. The Labute approximate surface area is 185 Å². The molecule has 4 aromatic rings. The minimum absolute atomic E-state index is 0.274. The van der Waals surface area contributed by atoms with E-state index in [2.05, 4.69) is 15.4 Å². The van der Waals surface area contributed by atoms with Crippen LogP contribution in [0.15, 0.2) is 72.9 Å². The average molecular weight is 430 g/mol. The number of hydrogen-bond acceptors (Lipinski definition) is 6. The zero-order valence-electron chi connectivity index (χ0n) is 17.9. The summed E-state index contributed by atoms with van der Waals surface area (Å²) in [4.78, 5) is 17.2. The van der Waals surface area contributed by atoms with Crippen molar-refractivity contribution >= 4 is 11.7 Å². The first-order valence-electron chi connectivity index (χ1n) is 9.82. The van der Waals surface area contributed by atoms with Gasteiger partial charge in [0.05, 0.1) is 27.0 Å². The van der Waals surface area contributed by atoms with E-state index in [1.54, 1.807) is 62.5 Å². The largest absolute Gasteiger partial charge is 0.497 e. The van der Waals surface area contributed by atoms with Gasteiger partial charge in [0.25, 0.3) is 5.91 Å². The highest BCUT2D eigenvalue weighted by Gasteiger charge is 2.17. The molecule has 0 aliphatic carbocycles. The first-order chi connectivity index (χ1) is 15.6. The number of carbonyl (C=O) groups is 1. The Kier molecular flexibility index (Phi) is 6.03. The monoisotopic (exact) mass is 430 g/mol. The van der Waals surface area contributed by atoms with Gasteiger partial charge in [-0.2, -0.15) is 9.78 Å². The fraction of sp³-hybridized carbons (Fsp3) is 0.125. The minimum atomic E-state index is -0.274. The molecule has 8 nitrogen and oxygen atoms in total. The van der Waals surface area contributed by atoms with Gasteiger partial charge in [0.2, 0.25) is 0 Å². The molecule has 0 atom stereocenters. The third-order valence-corrected chi connectivity index (χ3v) is 4.85. The van der Waals surface area contributed by atoms with Crippen molar-refractivity contribution in [2.75, 3.05) is 26.6 Å². The first kappa shape index (κ1) is 20.9. The lowest BCUT2D eigenvalue weighted by molar-refractivity contribution is 0.102. The highest BCUT2D eigenvalue weighted by atomic mass is 16.5. The van der Waals surface area contributed by atoms with Gasteiger partial charge in [0, 0.05) is 23.4 Å². The zero-order valence-corrected chi connectivity index (χ0v) is 17.9. The number of carbonyl (C=O) groups excluding carboxylic acids is 1.